The molecule has 7 heteroatoms. The number of allylic oxidation sites excluding steroid dienone is 2. The normalized spacial score (nSPS) is 31.4. The molecule has 0 radical (unpaired) electrons. The molecule has 4 atom stereocenters. The van der Waals surface area contributed by atoms with E-state index >= 15 is 0 Å². The molecule has 0 aromatic carbocycles. The summed E-state index contributed by atoms with van der Waals surface area (Å²) in [5, 5.41) is 6.78. The largest absolute Gasteiger partial charge is 0.373 e. The van der Waals surface area contributed by atoms with E-state index in [1.165, 1.54) is 24.2 Å². The van der Waals surface area contributed by atoms with Crippen LogP contribution < -0.4 is 10.6 Å². The monoisotopic (exact) mass is 430 g/mol. The van der Waals surface area contributed by atoms with E-state index in [0.717, 1.165) is 51.2 Å². The molecule has 3 aliphatic carbocycles. The van der Waals surface area contributed by atoms with Crippen molar-refractivity contribution in [2.45, 2.75) is 63.9 Å². The molecule has 4 unspecified atom stereocenters. The van der Waals surface area contributed by atoms with Gasteiger partial charge >= 0.3 is 0 Å². The van der Waals surface area contributed by atoms with Crippen molar-refractivity contribution in [2.24, 2.45) is 28.7 Å². The smallest absolute Gasteiger partial charge is 0.233 e. The highest BCUT2D eigenvalue weighted by Crippen LogP contribution is 2.52. The molecule has 1 heterocycles. The number of carbonyl (C=O) groups excluding carboxylic acids is 2. The average Bonchev–Trinajstić information content (AvgIpc) is 3.47. The summed E-state index contributed by atoms with van der Waals surface area (Å²) in [6.45, 7) is 4.85. The molecule has 2 saturated carbocycles. The lowest BCUT2D eigenvalue weighted by atomic mass is 9.84. The van der Waals surface area contributed by atoms with Crippen molar-refractivity contribution < 1.29 is 14.3 Å². The fourth-order valence-corrected chi connectivity index (χ4v) is 5.98. The van der Waals surface area contributed by atoms with Crippen LogP contribution in [0, 0.1) is 23.7 Å². The van der Waals surface area contributed by atoms with Crippen LogP contribution in [0.5, 0.6) is 0 Å². The average molecular weight is 431 g/mol. The summed E-state index contributed by atoms with van der Waals surface area (Å²) < 4.78 is 6.26. The number of nitrogens with one attached hydrogen (secondary N) is 2. The number of likely N-dealkylation sites (tertiary alicyclic amines) is 1. The van der Waals surface area contributed by atoms with E-state index in [2.05, 4.69) is 34.7 Å². The predicted octanol–water partition coefficient (Wildman–Crippen LogP) is 2.48. The Bertz CT molecular complexity index is 698. The number of rotatable bonds is 9. The molecule has 2 N–H and O–H groups in total. The molecule has 1 saturated heterocycles. The number of imide groups is 1. The molecule has 31 heavy (non-hydrogen) atoms. The molecule has 0 aromatic heterocycles. The van der Waals surface area contributed by atoms with Gasteiger partial charge in [0.25, 0.3) is 0 Å². The van der Waals surface area contributed by atoms with Crippen molar-refractivity contribution in [3.63, 3.8) is 0 Å². The number of hydrogen-bond donors (Lipinski definition) is 2. The molecule has 2 bridgehead atoms. The van der Waals surface area contributed by atoms with Gasteiger partial charge < -0.3 is 15.4 Å². The number of nitrogens with zero attached hydrogens (tertiary/aromatic N) is 2. The van der Waals surface area contributed by atoms with Crippen LogP contribution in [-0.4, -0.2) is 61.6 Å². The number of carbonyl (C=O) groups is 2. The lowest BCUT2D eigenvalue weighted by Crippen LogP contribution is -2.50. The fourth-order valence-electron chi connectivity index (χ4n) is 5.98. The number of ether oxygens (including phenoxy) is 1. The topological polar surface area (TPSA) is 83.0 Å². The summed E-state index contributed by atoms with van der Waals surface area (Å²) in [4.78, 5) is 31.4. The Morgan fingerprint density at radius 1 is 1.13 bits per heavy atom. The van der Waals surface area contributed by atoms with Gasteiger partial charge in [0.15, 0.2) is 5.96 Å². The summed E-state index contributed by atoms with van der Waals surface area (Å²) in [6, 6.07) is 0. The van der Waals surface area contributed by atoms with Crippen molar-refractivity contribution in [1.82, 2.24) is 15.5 Å². The maximum Gasteiger partial charge on any atom is 0.233 e. The molecular weight excluding hydrogens is 392 g/mol. The lowest BCUT2D eigenvalue weighted by Gasteiger charge is -2.37. The molecule has 4 rings (SSSR count). The van der Waals surface area contributed by atoms with E-state index in [1.54, 1.807) is 7.05 Å². The van der Waals surface area contributed by atoms with Crippen molar-refractivity contribution in [2.75, 3.05) is 33.3 Å². The predicted molar refractivity (Wildman–Crippen MR) is 120 cm³/mol. The number of aliphatic imine (C=N–C) groups is 1. The zero-order valence-corrected chi connectivity index (χ0v) is 19.1. The number of amides is 2. The van der Waals surface area contributed by atoms with Crippen LogP contribution in [0.4, 0.5) is 0 Å². The summed E-state index contributed by atoms with van der Waals surface area (Å²) >= 11 is 0. The number of guanidine groups is 1. The second kappa shape index (κ2) is 9.72. The van der Waals surface area contributed by atoms with Crippen LogP contribution in [0.25, 0.3) is 0 Å². The molecule has 0 spiro atoms. The summed E-state index contributed by atoms with van der Waals surface area (Å²) in [7, 11) is 1.77. The highest BCUT2D eigenvalue weighted by Gasteiger charge is 2.58. The Morgan fingerprint density at radius 2 is 1.81 bits per heavy atom. The summed E-state index contributed by atoms with van der Waals surface area (Å²) in [5.41, 5.74) is -0.0918. The van der Waals surface area contributed by atoms with Crippen LogP contribution in [-0.2, 0) is 14.3 Å². The van der Waals surface area contributed by atoms with Crippen molar-refractivity contribution in [3.05, 3.63) is 12.2 Å². The molecule has 0 aromatic rings. The first-order chi connectivity index (χ1) is 15.1. The quantitative estimate of drug-likeness (QED) is 0.193. The third-order valence-electron chi connectivity index (χ3n) is 7.59. The van der Waals surface area contributed by atoms with Crippen LogP contribution in [0.3, 0.4) is 0 Å². The summed E-state index contributed by atoms with van der Waals surface area (Å²) in [5.74, 6) is 1.20. The Labute approximate surface area is 186 Å². The van der Waals surface area contributed by atoms with Gasteiger partial charge in [0, 0.05) is 33.3 Å². The van der Waals surface area contributed by atoms with Crippen LogP contribution in [0.15, 0.2) is 17.1 Å². The zero-order chi connectivity index (χ0) is 21.8. The first kappa shape index (κ1) is 22.3. The minimum Gasteiger partial charge on any atom is -0.373 e. The maximum atomic E-state index is 12.8. The van der Waals surface area contributed by atoms with Crippen molar-refractivity contribution in [1.29, 1.82) is 0 Å². The number of hydrogen-bond acceptors (Lipinski definition) is 4. The molecule has 2 amide bonds. The van der Waals surface area contributed by atoms with E-state index in [4.69, 9.17) is 4.74 Å². The minimum absolute atomic E-state index is 0.0432. The third-order valence-corrected chi connectivity index (χ3v) is 7.59. The van der Waals surface area contributed by atoms with Crippen LogP contribution in [0.2, 0.25) is 0 Å². The second-order valence-corrected chi connectivity index (χ2v) is 9.63. The van der Waals surface area contributed by atoms with E-state index in [-0.39, 0.29) is 41.1 Å². The van der Waals surface area contributed by atoms with E-state index in [0.29, 0.717) is 13.1 Å². The first-order valence-electron chi connectivity index (χ1n) is 12.2. The van der Waals surface area contributed by atoms with Crippen molar-refractivity contribution >= 4 is 17.8 Å². The Kier molecular flexibility index (Phi) is 6.99. The highest BCUT2D eigenvalue weighted by atomic mass is 16.5. The van der Waals surface area contributed by atoms with E-state index in [1.807, 2.05) is 0 Å². The molecule has 3 fully saturated rings. The Hall–Kier alpha value is -1.89. The summed E-state index contributed by atoms with van der Waals surface area (Å²) in [6.07, 6.45) is 12.9. The Morgan fingerprint density at radius 3 is 2.42 bits per heavy atom. The molecule has 1 aliphatic heterocycles. The minimum atomic E-state index is -0.0975. The van der Waals surface area contributed by atoms with E-state index < -0.39 is 0 Å². The van der Waals surface area contributed by atoms with Crippen LogP contribution in [0.1, 0.15) is 58.3 Å². The Balaban J connectivity index is 1.21. The maximum absolute atomic E-state index is 12.8. The lowest BCUT2D eigenvalue weighted by molar-refractivity contribution is -0.140. The van der Waals surface area contributed by atoms with Gasteiger partial charge in [-0.05, 0) is 43.9 Å². The van der Waals surface area contributed by atoms with Gasteiger partial charge in [-0.3, -0.25) is 19.5 Å². The van der Waals surface area contributed by atoms with Gasteiger partial charge in [0.05, 0.1) is 17.4 Å². The first-order valence-corrected chi connectivity index (χ1v) is 12.2. The van der Waals surface area contributed by atoms with Gasteiger partial charge in [0.2, 0.25) is 11.8 Å². The third kappa shape index (κ3) is 4.52. The van der Waals surface area contributed by atoms with Crippen LogP contribution >= 0.6 is 0 Å². The standard InChI is InChI=1S/C24H38N4O3/c1-3-14-31-24(10-5-4-6-11-24)16-27-23(25-2)26-12-7-13-28-21(29)19-17-8-9-18(15-17)20(19)22(28)30/h8-9,17-20H,3-7,10-16H2,1-2H3,(H2,25,26,27). The van der Waals surface area contributed by atoms with Gasteiger partial charge in [0.1, 0.15) is 0 Å². The fraction of sp³-hybridized carbons (Fsp3) is 0.792. The molecule has 7 nitrogen and oxygen atoms in total. The molecule has 4 aliphatic rings. The van der Waals surface area contributed by atoms with E-state index in [9.17, 15) is 9.59 Å². The zero-order valence-electron chi connectivity index (χ0n) is 19.1. The molecular formula is C24H38N4O3. The number of fused-ring (bicyclic) bond motifs is 5. The van der Waals surface area contributed by atoms with Gasteiger partial charge in [-0.25, -0.2) is 0 Å². The highest BCUT2D eigenvalue weighted by molar-refractivity contribution is 6.06. The molecule has 172 valence electrons. The van der Waals surface area contributed by atoms with Crippen molar-refractivity contribution in [3.8, 4) is 0 Å². The SMILES string of the molecule is CCCOC1(CNC(=NC)NCCCN2C(=O)C3C4C=CC(C4)C3C2=O)CCCCC1. The second-order valence-electron chi connectivity index (χ2n) is 9.63. The van der Waals surface area contributed by atoms with Gasteiger partial charge in [-0.15, -0.1) is 0 Å². The van der Waals surface area contributed by atoms with Gasteiger partial charge in [-0.2, -0.15) is 0 Å². The van der Waals surface area contributed by atoms with Gasteiger partial charge in [-0.1, -0.05) is 38.3 Å².